The van der Waals surface area contributed by atoms with Crippen molar-refractivity contribution in [1.82, 2.24) is 0 Å². The van der Waals surface area contributed by atoms with Crippen LogP contribution in [0.5, 0.6) is 0 Å². The summed E-state index contributed by atoms with van der Waals surface area (Å²) in [5, 5.41) is 0. The van der Waals surface area contributed by atoms with Gasteiger partial charge in [-0.05, 0) is 17.5 Å². The highest BCUT2D eigenvalue weighted by Gasteiger charge is 2.54. The normalized spacial score (nSPS) is 28.7. The number of ether oxygens (including phenoxy) is 1. The molecule has 0 unspecified atom stereocenters. The fourth-order valence-corrected chi connectivity index (χ4v) is 3.69. The topological polar surface area (TPSA) is 43.4 Å². The number of allylic oxidation sites excluding steroid dienone is 2. The Balaban J connectivity index is 1.67. The van der Waals surface area contributed by atoms with Gasteiger partial charge in [0.05, 0.1) is 5.92 Å². The first-order valence-corrected chi connectivity index (χ1v) is 7.59. The number of benzene rings is 1. The number of esters is 1. The van der Waals surface area contributed by atoms with Gasteiger partial charge in [-0.3, -0.25) is 9.59 Å². The standard InChI is InChI=1S/C19H16O3/c20-16-9-10-17(22-18(21)14-6-1-2-7-14)19(16)12-11-13-5-3-4-8-15(13)19/h1-8,11-12,14,17H,9-10H2/t17-,19-/m0/s1. The second-order valence-electron chi connectivity index (χ2n) is 5.97. The number of carbonyl (C=O) groups excluding carboxylic acids is 2. The second kappa shape index (κ2) is 4.80. The first-order chi connectivity index (χ1) is 10.7. The van der Waals surface area contributed by atoms with Gasteiger partial charge in [0.1, 0.15) is 11.5 Å². The number of carbonyl (C=O) groups is 2. The van der Waals surface area contributed by atoms with Crippen molar-refractivity contribution in [2.45, 2.75) is 24.4 Å². The van der Waals surface area contributed by atoms with Gasteiger partial charge in [0.15, 0.2) is 5.78 Å². The van der Waals surface area contributed by atoms with E-state index in [1.165, 1.54) is 0 Å². The Morgan fingerprint density at radius 2 is 1.95 bits per heavy atom. The number of Topliss-reactive ketones (excluding diaryl/α,β-unsaturated/α-hetero) is 1. The third kappa shape index (κ3) is 1.75. The maximum absolute atomic E-state index is 12.6. The molecular weight excluding hydrogens is 276 g/mol. The molecular formula is C19H16O3. The Bertz CT molecular complexity index is 729. The van der Waals surface area contributed by atoms with Crippen molar-refractivity contribution in [2.75, 3.05) is 0 Å². The van der Waals surface area contributed by atoms with E-state index in [2.05, 4.69) is 0 Å². The molecule has 0 saturated heterocycles. The lowest BCUT2D eigenvalue weighted by Gasteiger charge is -2.29. The predicted octanol–water partition coefficient (Wildman–Crippen LogP) is 2.97. The Hall–Kier alpha value is -2.42. The molecule has 1 fully saturated rings. The molecule has 1 saturated carbocycles. The molecule has 0 heterocycles. The van der Waals surface area contributed by atoms with Crippen LogP contribution in [0.3, 0.4) is 0 Å². The molecule has 1 aromatic carbocycles. The van der Waals surface area contributed by atoms with E-state index >= 15 is 0 Å². The number of hydrogen-bond acceptors (Lipinski definition) is 3. The van der Waals surface area contributed by atoms with Crippen molar-refractivity contribution in [2.24, 2.45) is 5.92 Å². The van der Waals surface area contributed by atoms with Crippen molar-refractivity contribution < 1.29 is 14.3 Å². The highest BCUT2D eigenvalue weighted by molar-refractivity contribution is 5.99. The molecule has 3 aliphatic rings. The molecule has 0 amide bonds. The van der Waals surface area contributed by atoms with Crippen LogP contribution < -0.4 is 0 Å². The first-order valence-electron chi connectivity index (χ1n) is 7.59. The Labute approximate surface area is 129 Å². The Kier molecular flexibility index (Phi) is 2.89. The van der Waals surface area contributed by atoms with Crippen LogP contribution in [-0.4, -0.2) is 17.9 Å². The van der Waals surface area contributed by atoms with Crippen LogP contribution in [0.2, 0.25) is 0 Å². The van der Waals surface area contributed by atoms with Crippen LogP contribution in [0.1, 0.15) is 24.0 Å². The maximum Gasteiger partial charge on any atom is 0.317 e. The van der Waals surface area contributed by atoms with Gasteiger partial charge in [-0.15, -0.1) is 0 Å². The van der Waals surface area contributed by atoms with Gasteiger partial charge in [-0.25, -0.2) is 0 Å². The predicted molar refractivity (Wildman–Crippen MR) is 83.0 cm³/mol. The van der Waals surface area contributed by atoms with E-state index < -0.39 is 11.5 Å². The summed E-state index contributed by atoms with van der Waals surface area (Å²) in [5.41, 5.74) is 1.23. The van der Waals surface area contributed by atoms with Crippen molar-refractivity contribution >= 4 is 17.8 Å². The van der Waals surface area contributed by atoms with Crippen LogP contribution >= 0.6 is 0 Å². The average molecular weight is 292 g/mol. The van der Waals surface area contributed by atoms with E-state index in [9.17, 15) is 9.59 Å². The fraction of sp³-hybridized carbons (Fsp3) is 0.263. The van der Waals surface area contributed by atoms with Gasteiger partial charge in [-0.1, -0.05) is 60.7 Å². The average Bonchev–Trinajstić information content (AvgIpc) is 3.24. The summed E-state index contributed by atoms with van der Waals surface area (Å²) in [6, 6.07) is 7.85. The van der Waals surface area contributed by atoms with E-state index in [1.54, 1.807) is 0 Å². The van der Waals surface area contributed by atoms with Gasteiger partial charge < -0.3 is 4.74 Å². The van der Waals surface area contributed by atoms with E-state index in [0.29, 0.717) is 12.8 Å². The number of ketones is 1. The Morgan fingerprint density at radius 3 is 2.77 bits per heavy atom. The molecule has 110 valence electrons. The summed E-state index contributed by atoms with van der Waals surface area (Å²) in [6.07, 6.45) is 11.8. The zero-order valence-electron chi connectivity index (χ0n) is 12.1. The number of rotatable bonds is 2. The van der Waals surface area contributed by atoms with E-state index in [1.807, 2.05) is 60.7 Å². The summed E-state index contributed by atoms with van der Waals surface area (Å²) in [4.78, 5) is 24.9. The summed E-state index contributed by atoms with van der Waals surface area (Å²) >= 11 is 0. The summed E-state index contributed by atoms with van der Waals surface area (Å²) in [6.45, 7) is 0. The number of fused-ring (bicyclic) bond motifs is 2. The van der Waals surface area contributed by atoms with Gasteiger partial charge >= 0.3 is 5.97 Å². The SMILES string of the molecule is O=C(O[C@H]1CCC(=O)[C@@]12C=Cc1ccccc12)C1C=CC=C1. The molecule has 3 aliphatic carbocycles. The zero-order valence-corrected chi connectivity index (χ0v) is 12.1. The van der Waals surface area contributed by atoms with Crippen LogP contribution in [0, 0.1) is 5.92 Å². The minimum absolute atomic E-state index is 0.143. The van der Waals surface area contributed by atoms with Crippen molar-refractivity contribution in [1.29, 1.82) is 0 Å². The van der Waals surface area contributed by atoms with Gasteiger partial charge in [0.2, 0.25) is 0 Å². The summed E-state index contributed by atoms with van der Waals surface area (Å²) in [7, 11) is 0. The largest absolute Gasteiger partial charge is 0.460 e. The minimum atomic E-state index is -0.779. The smallest absolute Gasteiger partial charge is 0.317 e. The van der Waals surface area contributed by atoms with E-state index in [4.69, 9.17) is 4.74 Å². The molecule has 0 aromatic heterocycles. The van der Waals surface area contributed by atoms with Gasteiger partial charge in [0.25, 0.3) is 0 Å². The van der Waals surface area contributed by atoms with Crippen molar-refractivity contribution in [3.63, 3.8) is 0 Å². The monoisotopic (exact) mass is 292 g/mol. The van der Waals surface area contributed by atoms with Crippen LogP contribution in [0.4, 0.5) is 0 Å². The molecule has 0 aliphatic heterocycles. The maximum atomic E-state index is 12.6. The molecule has 0 N–H and O–H groups in total. The zero-order chi connectivity index (χ0) is 15.2. The quantitative estimate of drug-likeness (QED) is 0.787. The van der Waals surface area contributed by atoms with Gasteiger partial charge in [0, 0.05) is 6.42 Å². The lowest BCUT2D eigenvalue weighted by Crippen LogP contribution is -2.41. The molecule has 2 atom stereocenters. The third-order valence-electron chi connectivity index (χ3n) is 4.81. The summed E-state index contributed by atoms with van der Waals surface area (Å²) < 4.78 is 5.75. The molecule has 1 spiro atoms. The summed E-state index contributed by atoms with van der Waals surface area (Å²) in [5.74, 6) is -0.459. The minimum Gasteiger partial charge on any atom is -0.460 e. The van der Waals surface area contributed by atoms with Crippen LogP contribution in [0.25, 0.3) is 6.08 Å². The molecule has 4 rings (SSSR count). The molecule has 1 aromatic rings. The highest BCUT2D eigenvalue weighted by Crippen LogP contribution is 2.47. The molecule has 22 heavy (non-hydrogen) atoms. The van der Waals surface area contributed by atoms with Crippen LogP contribution in [-0.2, 0) is 19.7 Å². The third-order valence-corrected chi connectivity index (χ3v) is 4.81. The second-order valence-corrected chi connectivity index (χ2v) is 5.97. The van der Waals surface area contributed by atoms with E-state index in [0.717, 1.165) is 11.1 Å². The molecule has 3 nitrogen and oxygen atoms in total. The van der Waals surface area contributed by atoms with Crippen molar-refractivity contribution in [3.05, 3.63) is 65.8 Å². The van der Waals surface area contributed by atoms with Crippen LogP contribution in [0.15, 0.2) is 54.6 Å². The lowest BCUT2D eigenvalue weighted by atomic mass is 9.78. The first kappa shape index (κ1) is 13.3. The molecule has 0 radical (unpaired) electrons. The Morgan fingerprint density at radius 1 is 1.18 bits per heavy atom. The molecule has 3 heteroatoms. The fourth-order valence-electron chi connectivity index (χ4n) is 3.69. The van der Waals surface area contributed by atoms with E-state index in [-0.39, 0.29) is 17.7 Å². The van der Waals surface area contributed by atoms with Crippen molar-refractivity contribution in [3.8, 4) is 0 Å². The number of hydrogen-bond donors (Lipinski definition) is 0. The molecule has 0 bridgehead atoms. The van der Waals surface area contributed by atoms with Gasteiger partial charge in [-0.2, -0.15) is 0 Å². The highest BCUT2D eigenvalue weighted by atomic mass is 16.5. The lowest BCUT2D eigenvalue weighted by molar-refractivity contribution is -0.153.